The molecule has 5 aromatic rings. The number of imidazole rings is 1. The molecule has 0 aliphatic heterocycles. The average molecular weight is 451 g/mol. The lowest BCUT2D eigenvalue weighted by Crippen LogP contribution is -2.39. The van der Waals surface area contributed by atoms with Crippen molar-refractivity contribution in [2.24, 2.45) is 0 Å². The molecule has 0 radical (unpaired) electrons. The van der Waals surface area contributed by atoms with E-state index in [9.17, 15) is 9.59 Å². The van der Waals surface area contributed by atoms with Gasteiger partial charge in [0.1, 0.15) is 0 Å². The van der Waals surface area contributed by atoms with Gasteiger partial charge in [0.05, 0.1) is 22.9 Å². The van der Waals surface area contributed by atoms with Gasteiger partial charge in [-0.3, -0.25) is 9.36 Å². The first kappa shape index (κ1) is 21.6. The van der Waals surface area contributed by atoms with Gasteiger partial charge in [-0.1, -0.05) is 60.2 Å². The molecule has 0 unspecified atom stereocenters. The van der Waals surface area contributed by atoms with E-state index in [1.54, 1.807) is 22.8 Å². The Kier molecular flexibility index (Phi) is 5.95. The van der Waals surface area contributed by atoms with E-state index in [2.05, 4.69) is 40.7 Å². The Morgan fingerprint density at radius 3 is 2.38 bits per heavy atom. The van der Waals surface area contributed by atoms with E-state index in [-0.39, 0.29) is 11.2 Å². The highest BCUT2D eigenvalue weighted by molar-refractivity contribution is 5.78. The van der Waals surface area contributed by atoms with E-state index in [0.29, 0.717) is 23.1 Å². The van der Waals surface area contributed by atoms with Crippen molar-refractivity contribution in [1.29, 1.82) is 0 Å². The molecule has 0 fully saturated rings. The normalized spacial score (nSPS) is 11.2. The first-order valence-electron chi connectivity index (χ1n) is 11.5. The second kappa shape index (κ2) is 9.35. The molecule has 170 valence electrons. The van der Waals surface area contributed by atoms with Crippen LogP contribution in [0.3, 0.4) is 0 Å². The van der Waals surface area contributed by atoms with Gasteiger partial charge in [0, 0.05) is 25.0 Å². The molecule has 0 aliphatic rings. The van der Waals surface area contributed by atoms with Gasteiger partial charge in [0.25, 0.3) is 5.56 Å². The predicted molar refractivity (Wildman–Crippen MR) is 135 cm³/mol. The quantitative estimate of drug-likeness (QED) is 0.371. The lowest BCUT2D eigenvalue weighted by molar-refractivity contribution is 0.595. The second-order valence-electron chi connectivity index (χ2n) is 8.53. The smallest absolute Gasteiger partial charge is 0.330 e. The zero-order valence-electron chi connectivity index (χ0n) is 19.1. The number of nitrogens with zero attached hydrogens (tertiary/aromatic N) is 4. The van der Waals surface area contributed by atoms with E-state index in [1.807, 2.05) is 48.9 Å². The van der Waals surface area contributed by atoms with Crippen LogP contribution in [0.2, 0.25) is 0 Å². The fourth-order valence-electron chi connectivity index (χ4n) is 4.35. The van der Waals surface area contributed by atoms with Crippen LogP contribution in [-0.4, -0.2) is 18.7 Å². The summed E-state index contributed by atoms with van der Waals surface area (Å²) in [6.45, 7) is 3.35. The first-order chi connectivity index (χ1) is 16.6. The van der Waals surface area contributed by atoms with Crippen LogP contribution in [-0.2, 0) is 19.5 Å². The number of para-hydroxylation sites is 2. The van der Waals surface area contributed by atoms with Gasteiger partial charge in [0.2, 0.25) is 0 Å². The molecule has 0 bridgehead atoms. The Bertz CT molecular complexity index is 1540. The van der Waals surface area contributed by atoms with E-state index >= 15 is 0 Å². The Morgan fingerprint density at radius 1 is 0.853 bits per heavy atom. The van der Waals surface area contributed by atoms with Crippen LogP contribution in [0, 0.1) is 6.92 Å². The van der Waals surface area contributed by atoms with E-state index < -0.39 is 0 Å². The molecule has 0 aliphatic carbocycles. The van der Waals surface area contributed by atoms with E-state index in [4.69, 9.17) is 0 Å². The zero-order valence-corrected chi connectivity index (χ0v) is 19.1. The number of fused-ring (bicyclic) bond motifs is 1. The molecule has 0 atom stereocenters. The minimum atomic E-state index is -0.317. The summed E-state index contributed by atoms with van der Waals surface area (Å²) in [7, 11) is 0. The lowest BCUT2D eigenvalue weighted by atomic mass is 10.1. The van der Waals surface area contributed by atoms with Gasteiger partial charge in [-0.05, 0) is 49.6 Å². The van der Waals surface area contributed by atoms with Crippen LogP contribution in [0.1, 0.15) is 23.2 Å². The number of hydrogen-bond acceptors (Lipinski definition) is 3. The second-order valence-corrected chi connectivity index (χ2v) is 8.53. The largest absolute Gasteiger partial charge is 0.336 e. The van der Waals surface area contributed by atoms with Crippen molar-refractivity contribution in [3.63, 3.8) is 0 Å². The summed E-state index contributed by atoms with van der Waals surface area (Å²) in [4.78, 5) is 30.9. The lowest BCUT2D eigenvalue weighted by Gasteiger charge is -2.14. The Morgan fingerprint density at radius 2 is 1.59 bits per heavy atom. The maximum atomic E-state index is 13.4. The SMILES string of the molecule is Cc1ccc(Cn2cncc2CCCn2c(=O)n(-c3ccccc3)c(=O)c3ccccc32)cc1. The number of aryl methyl sites for hydroxylation is 3. The minimum absolute atomic E-state index is 0.292. The summed E-state index contributed by atoms with van der Waals surface area (Å²) in [6, 6.07) is 24.9. The van der Waals surface area contributed by atoms with Crippen LogP contribution < -0.4 is 11.2 Å². The summed E-state index contributed by atoms with van der Waals surface area (Å²) in [6.07, 6.45) is 5.26. The van der Waals surface area contributed by atoms with Crippen molar-refractivity contribution in [2.45, 2.75) is 32.9 Å². The molecule has 2 heterocycles. The van der Waals surface area contributed by atoms with Gasteiger partial charge in [0.15, 0.2) is 0 Å². The van der Waals surface area contributed by atoms with Crippen molar-refractivity contribution in [3.05, 3.63) is 129 Å². The highest BCUT2D eigenvalue weighted by atomic mass is 16.2. The van der Waals surface area contributed by atoms with Gasteiger partial charge >= 0.3 is 5.69 Å². The van der Waals surface area contributed by atoms with Crippen LogP contribution in [0.25, 0.3) is 16.6 Å². The third kappa shape index (κ3) is 4.22. The maximum absolute atomic E-state index is 13.4. The van der Waals surface area contributed by atoms with Crippen molar-refractivity contribution in [1.82, 2.24) is 18.7 Å². The third-order valence-electron chi connectivity index (χ3n) is 6.15. The minimum Gasteiger partial charge on any atom is -0.330 e. The molecule has 0 spiro atoms. The molecule has 2 aromatic heterocycles. The summed E-state index contributed by atoms with van der Waals surface area (Å²) in [5.41, 5.74) is 4.22. The summed E-state index contributed by atoms with van der Waals surface area (Å²) < 4.78 is 5.13. The number of rotatable bonds is 7. The molecule has 6 nitrogen and oxygen atoms in total. The number of benzene rings is 3. The molecule has 34 heavy (non-hydrogen) atoms. The monoisotopic (exact) mass is 450 g/mol. The Hall–Kier alpha value is -4.19. The molecule has 0 saturated carbocycles. The molecule has 0 N–H and O–H groups in total. The molecular weight excluding hydrogens is 424 g/mol. The average Bonchev–Trinajstić information content (AvgIpc) is 3.30. The summed E-state index contributed by atoms with van der Waals surface area (Å²) in [5.74, 6) is 0. The molecule has 3 aromatic carbocycles. The standard InChI is InChI=1S/C28H26N4O2/c1-21-13-15-22(16-14-21)19-30-20-29-18-24(30)10-7-17-31-26-12-6-5-11-25(26)27(33)32(28(31)34)23-8-3-2-4-9-23/h2-6,8-9,11-16,18,20H,7,10,17,19H2,1H3. The van der Waals surface area contributed by atoms with Gasteiger partial charge < -0.3 is 4.57 Å². The Balaban J connectivity index is 1.43. The highest BCUT2D eigenvalue weighted by Gasteiger charge is 2.14. The fraction of sp³-hybridized carbons (Fsp3) is 0.179. The van der Waals surface area contributed by atoms with E-state index in [0.717, 1.165) is 25.1 Å². The fourth-order valence-corrected chi connectivity index (χ4v) is 4.35. The molecule has 0 saturated heterocycles. The summed E-state index contributed by atoms with van der Waals surface area (Å²) >= 11 is 0. The molecule has 0 amide bonds. The third-order valence-corrected chi connectivity index (χ3v) is 6.15. The van der Waals surface area contributed by atoms with Gasteiger partial charge in [-0.25, -0.2) is 14.3 Å². The zero-order chi connectivity index (χ0) is 23.5. The Labute approximate surface area is 197 Å². The predicted octanol–water partition coefficient (Wildman–Crippen LogP) is 4.34. The molecule has 6 heteroatoms. The molecule has 5 rings (SSSR count). The van der Waals surface area contributed by atoms with Crippen LogP contribution >= 0.6 is 0 Å². The van der Waals surface area contributed by atoms with Crippen molar-refractivity contribution in [3.8, 4) is 5.69 Å². The van der Waals surface area contributed by atoms with Crippen molar-refractivity contribution < 1.29 is 0 Å². The van der Waals surface area contributed by atoms with E-state index in [1.165, 1.54) is 15.7 Å². The topological polar surface area (TPSA) is 61.8 Å². The first-order valence-corrected chi connectivity index (χ1v) is 11.5. The van der Waals surface area contributed by atoms with Gasteiger partial charge in [-0.2, -0.15) is 0 Å². The van der Waals surface area contributed by atoms with Crippen molar-refractivity contribution in [2.75, 3.05) is 0 Å². The number of hydrogen-bond donors (Lipinski definition) is 0. The van der Waals surface area contributed by atoms with Crippen LogP contribution in [0.5, 0.6) is 0 Å². The van der Waals surface area contributed by atoms with Crippen LogP contribution in [0.4, 0.5) is 0 Å². The van der Waals surface area contributed by atoms with Gasteiger partial charge in [-0.15, -0.1) is 0 Å². The summed E-state index contributed by atoms with van der Waals surface area (Å²) in [5, 5.41) is 0.537. The molecular formula is C28H26N4O2. The van der Waals surface area contributed by atoms with Crippen molar-refractivity contribution >= 4 is 10.9 Å². The van der Waals surface area contributed by atoms with Crippen LogP contribution in [0.15, 0.2) is 101 Å². The maximum Gasteiger partial charge on any atom is 0.336 e. The highest BCUT2D eigenvalue weighted by Crippen LogP contribution is 2.13. The number of aromatic nitrogens is 4.